The Labute approximate surface area is 168 Å². The summed E-state index contributed by atoms with van der Waals surface area (Å²) in [5.41, 5.74) is 0.891. The molecule has 0 aliphatic carbocycles. The van der Waals surface area contributed by atoms with Gasteiger partial charge in [0.25, 0.3) is 5.69 Å². The minimum Gasteiger partial charge on any atom is -0.495 e. The molecule has 9 nitrogen and oxygen atoms in total. The molecule has 0 saturated heterocycles. The SMILES string of the molecule is COc1ccccc1-n1cnnc1SCC(=O)Nc1ccc([N+](=O)[O-])cc1Cl. The fourth-order valence-corrected chi connectivity index (χ4v) is 3.30. The molecular formula is C17H14ClN5O4S. The second-order valence-corrected chi connectivity index (χ2v) is 6.76. The highest BCUT2D eigenvalue weighted by molar-refractivity contribution is 7.99. The third kappa shape index (κ3) is 4.41. The van der Waals surface area contributed by atoms with Crippen molar-refractivity contribution in [3.63, 3.8) is 0 Å². The summed E-state index contributed by atoms with van der Waals surface area (Å²) in [4.78, 5) is 22.4. The normalized spacial score (nSPS) is 10.5. The Morgan fingerprint density at radius 1 is 1.36 bits per heavy atom. The lowest BCUT2D eigenvalue weighted by Crippen LogP contribution is -2.15. The number of benzene rings is 2. The van der Waals surface area contributed by atoms with E-state index < -0.39 is 4.92 Å². The number of hydrogen-bond donors (Lipinski definition) is 1. The van der Waals surface area contributed by atoms with E-state index >= 15 is 0 Å². The van der Waals surface area contributed by atoms with E-state index in [1.54, 1.807) is 11.7 Å². The first-order valence-corrected chi connectivity index (χ1v) is 9.26. The average Bonchev–Trinajstić information content (AvgIpc) is 3.16. The lowest BCUT2D eigenvalue weighted by atomic mass is 10.3. The molecule has 0 radical (unpaired) electrons. The molecule has 1 N–H and O–H groups in total. The number of thioether (sulfide) groups is 1. The van der Waals surface area contributed by atoms with Crippen LogP contribution in [0.2, 0.25) is 5.02 Å². The van der Waals surface area contributed by atoms with E-state index in [0.29, 0.717) is 16.6 Å². The van der Waals surface area contributed by atoms with Crippen LogP contribution in [-0.2, 0) is 4.79 Å². The van der Waals surface area contributed by atoms with Gasteiger partial charge in [0.2, 0.25) is 5.91 Å². The zero-order valence-electron chi connectivity index (χ0n) is 14.5. The number of halogens is 1. The zero-order chi connectivity index (χ0) is 20.1. The Morgan fingerprint density at radius 2 is 2.14 bits per heavy atom. The Morgan fingerprint density at radius 3 is 2.86 bits per heavy atom. The van der Waals surface area contributed by atoms with Crippen LogP contribution in [0.3, 0.4) is 0 Å². The number of carbonyl (C=O) groups excluding carboxylic acids is 1. The molecule has 0 atom stereocenters. The van der Waals surface area contributed by atoms with E-state index in [0.717, 1.165) is 5.69 Å². The average molecular weight is 420 g/mol. The molecule has 144 valence electrons. The van der Waals surface area contributed by atoms with Gasteiger partial charge in [-0.3, -0.25) is 19.5 Å². The maximum Gasteiger partial charge on any atom is 0.271 e. The molecule has 0 aliphatic rings. The second-order valence-electron chi connectivity index (χ2n) is 5.41. The van der Waals surface area contributed by atoms with Crippen LogP contribution in [0.5, 0.6) is 5.75 Å². The number of ether oxygens (including phenoxy) is 1. The van der Waals surface area contributed by atoms with Crippen molar-refractivity contribution in [1.29, 1.82) is 0 Å². The molecule has 0 unspecified atom stereocenters. The van der Waals surface area contributed by atoms with Crippen LogP contribution in [0.15, 0.2) is 53.9 Å². The van der Waals surface area contributed by atoms with E-state index in [2.05, 4.69) is 15.5 Å². The fraction of sp³-hybridized carbons (Fsp3) is 0.118. The number of hydrogen-bond acceptors (Lipinski definition) is 7. The van der Waals surface area contributed by atoms with Gasteiger partial charge in [0.1, 0.15) is 12.1 Å². The van der Waals surface area contributed by atoms with Crippen LogP contribution in [-0.4, -0.2) is 38.5 Å². The number of nitrogens with one attached hydrogen (secondary N) is 1. The number of non-ortho nitro benzene ring substituents is 1. The summed E-state index contributed by atoms with van der Waals surface area (Å²) in [5.74, 6) is 0.350. The molecule has 0 saturated carbocycles. The van der Waals surface area contributed by atoms with E-state index in [1.807, 2.05) is 24.3 Å². The van der Waals surface area contributed by atoms with E-state index in [9.17, 15) is 14.9 Å². The summed E-state index contributed by atoms with van der Waals surface area (Å²) in [6.45, 7) is 0. The molecule has 3 aromatic rings. The molecule has 0 fully saturated rings. The number of para-hydroxylation sites is 2. The third-order valence-corrected chi connectivity index (χ3v) is 4.89. The van der Waals surface area contributed by atoms with Crippen LogP contribution >= 0.6 is 23.4 Å². The summed E-state index contributed by atoms with van der Waals surface area (Å²) >= 11 is 7.17. The van der Waals surface area contributed by atoms with Crippen LogP contribution < -0.4 is 10.1 Å². The van der Waals surface area contributed by atoms with Gasteiger partial charge in [-0.1, -0.05) is 35.5 Å². The number of aromatic nitrogens is 3. The van der Waals surface area contributed by atoms with Gasteiger partial charge in [-0.15, -0.1) is 10.2 Å². The molecule has 3 rings (SSSR count). The second kappa shape index (κ2) is 8.72. The van der Waals surface area contributed by atoms with Crippen LogP contribution in [0.4, 0.5) is 11.4 Å². The number of nitro groups is 1. The molecule has 28 heavy (non-hydrogen) atoms. The number of nitro benzene ring substituents is 1. The summed E-state index contributed by atoms with van der Waals surface area (Å²) in [6.07, 6.45) is 1.53. The highest BCUT2D eigenvalue weighted by atomic mass is 35.5. The monoisotopic (exact) mass is 419 g/mol. The maximum absolute atomic E-state index is 12.2. The third-order valence-electron chi connectivity index (χ3n) is 3.63. The molecule has 0 bridgehead atoms. The van der Waals surface area contributed by atoms with Gasteiger partial charge in [-0.05, 0) is 18.2 Å². The van der Waals surface area contributed by atoms with Crippen LogP contribution in [0.25, 0.3) is 5.69 Å². The summed E-state index contributed by atoms with van der Waals surface area (Å²) in [6, 6.07) is 11.2. The lowest BCUT2D eigenvalue weighted by Gasteiger charge is -2.11. The highest BCUT2D eigenvalue weighted by Gasteiger charge is 2.15. The van der Waals surface area contributed by atoms with Crippen LogP contribution in [0.1, 0.15) is 0 Å². The Bertz CT molecular complexity index is 1030. The maximum atomic E-state index is 12.2. The number of rotatable bonds is 7. The van der Waals surface area contributed by atoms with Crippen molar-refractivity contribution in [3.05, 3.63) is 63.9 Å². The number of carbonyl (C=O) groups is 1. The summed E-state index contributed by atoms with van der Waals surface area (Å²) in [7, 11) is 1.57. The number of nitrogens with zero attached hydrogens (tertiary/aromatic N) is 4. The van der Waals surface area contributed by atoms with Crippen molar-refractivity contribution < 1.29 is 14.5 Å². The molecule has 0 aliphatic heterocycles. The van der Waals surface area contributed by atoms with Crippen molar-refractivity contribution in [2.45, 2.75) is 5.16 Å². The van der Waals surface area contributed by atoms with Crippen molar-refractivity contribution in [2.24, 2.45) is 0 Å². The molecular weight excluding hydrogens is 406 g/mol. The number of methoxy groups -OCH3 is 1. The predicted molar refractivity (Wildman–Crippen MR) is 105 cm³/mol. The van der Waals surface area contributed by atoms with Gasteiger partial charge in [0.05, 0.1) is 34.2 Å². The molecule has 1 amide bonds. The molecule has 11 heteroatoms. The standard InChI is InChI=1S/C17H14ClN5O4S/c1-27-15-5-3-2-4-14(15)22-10-19-21-17(22)28-9-16(24)20-13-7-6-11(23(25)26)8-12(13)18/h2-8,10H,9H2,1H3,(H,20,24). The van der Waals surface area contributed by atoms with Gasteiger partial charge in [0, 0.05) is 12.1 Å². The largest absolute Gasteiger partial charge is 0.495 e. The molecule has 1 heterocycles. The highest BCUT2D eigenvalue weighted by Crippen LogP contribution is 2.28. The first-order chi connectivity index (χ1) is 13.5. The first kappa shape index (κ1) is 19.6. The number of amides is 1. The van der Waals surface area contributed by atoms with Gasteiger partial charge in [-0.2, -0.15) is 0 Å². The quantitative estimate of drug-likeness (QED) is 0.354. The number of anilines is 1. The smallest absolute Gasteiger partial charge is 0.271 e. The summed E-state index contributed by atoms with van der Waals surface area (Å²) < 4.78 is 7.06. The van der Waals surface area contributed by atoms with Gasteiger partial charge >= 0.3 is 0 Å². The van der Waals surface area contributed by atoms with Gasteiger partial charge in [0.15, 0.2) is 5.16 Å². The van der Waals surface area contributed by atoms with Gasteiger partial charge < -0.3 is 10.1 Å². The molecule has 0 spiro atoms. The van der Waals surface area contributed by atoms with Crippen LogP contribution in [0, 0.1) is 10.1 Å². The van der Waals surface area contributed by atoms with Crippen molar-refractivity contribution in [1.82, 2.24) is 14.8 Å². The van der Waals surface area contributed by atoms with E-state index in [4.69, 9.17) is 16.3 Å². The van der Waals surface area contributed by atoms with E-state index in [-0.39, 0.29) is 22.4 Å². The lowest BCUT2D eigenvalue weighted by molar-refractivity contribution is -0.384. The minimum atomic E-state index is -0.558. The van der Waals surface area contributed by atoms with E-state index in [1.165, 1.54) is 36.3 Å². The molecule has 2 aromatic carbocycles. The topological polar surface area (TPSA) is 112 Å². The van der Waals surface area contributed by atoms with Crippen molar-refractivity contribution >= 4 is 40.6 Å². The zero-order valence-corrected chi connectivity index (χ0v) is 16.1. The minimum absolute atomic E-state index is 0.0428. The summed E-state index contributed by atoms with van der Waals surface area (Å²) in [5, 5.41) is 21.9. The predicted octanol–water partition coefficient (Wildman–Crippen LogP) is 3.57. The Kier molecular flexibility index (Phi) is 6.12. The Balaban J connectivity index is 1.68. The fourth-order valence-electron chi connectivity index (χ4n) is 2.35. The first-order valence-electron chi connectivity index (χ1n) is 7.89. The van der Waals surface area contributed by atoms with Gasteiger partial charge in [-0.25, -0.2) is 0 Å². The molecule has 1 aromatic heterocycles. The van der Waals surface area contributed by atoms with Crippen molar-refractivity contribution in [2.75, 3.05) is 18.2 Å². The Hall–Kier alpha value is -3.11. The van der Waals surface area contributed by atoms with Crippen molar-refractivity contribution in [3.8, 4) is 11.4 Å².